The lowest BCUT2D eigenvalue weighted by atomic mass is 9.75. The number of benzene rings is 1. The first-order chi connectivity index (χ1) is 10.7. The van der Waals surface area contributed by atoms with E-state index in [1.165, 1.54) is 0 Å². The third-order valence-corrected chi connectivity index (χ3v) is 4.23. The molecule has 0 aliphatic heterocycles. The average Bonchev–Trinajstić information content (AvgIpc) is 2.83. The summed E-state index contributed by atoms with van der Waals surface area (Å²) in [5.74, 6) is -0.133. The molecule has 0 atom stereocenters. The fraction of sp³-hybridized carbons (Fsp3) is 0.412. The third-order valence-electron chi connectivity index (χ3n) is 4.23. The van der Waals surface area contributed by atoms with E-state index in [-0.39, 0.29) is 5.78 Å². The van der Waals surface area contributed by atoms with E-state index in [2.05, 4.69) is 5.10 Å². The number of Topliss-reactive ketones (excluding diaryl/α,β-unsaturated/α-hetero) is 1. The summed E-state index contributed by atoms with van der Waals surface area (Å²) in [4.78, 5) is 12.4. The largest absolute Gasteiger partial charge is 0.408 e. The van der Waals surface area contributed by atoms with Gasteiger partial charge in [0.2, 0.25) is 0 Å². The summed E-state index contributed by atoms with van der Waals surface area (Å²) in [5.41, 5.74) is 1.23. The first kappa shape index (κ1) is 15.8. The molecule has 3 rings (SSSR count). The smallest absolute Gasteiger partial charge is 0.294 e. The first-order valence-corrected chi connectivity index (χ1v) is 7.46. The number of fused-ring (bicyclic) bond motifs is 1. The highest BCUT2D eigenvalue weighted by Gasteiger charge is 2.41. The number of carbonyl (C=O) groups is 1. The maximum atomic E-state index is 12.9. The van der Waals surface area contributed by atoms with Crippen LogP contribution in [0.1, 0.15) is 42.7 Å². The van der Waals surface area contributed by atoms with Gasteiger partial charge in [-0.05, 0) is 6.42 Å². The Hall–Kier alpha value is -2.11. The number of carbonyl (C=O) groups excluding carboxylic acids is 1. The normalized spacial score (nSPS) is 17.2. The van der Waals surface area contributed by atoms with Crippen LogP contribution < -0.4 is 0 Å². The summed E-state index contributed by atoms with van der Waals surface area (Å²) in [6.45, 7) is 2.54. The molecule has 0 N–H and O–H groups in total. The summed E-state index contributed by atoms with van der Waals surface area (Å²) in [7, 11) is 0. The fourth-order valence-corrected chi connectivity index (χ4v) is 3.17. The summed E-state index contributed by atoms with van der Waals surface area (Å²) in [5, 5.41) is 4.17. The number of nitrogens with zero attached hydrogens (tertiary/aromatic N) is 2. The molecule has 1 aromatic carbocycles. The topological polar surface area (TPSA) is 34.9 Å². The van der Waals surface area contributed by atoms with Gasteiger partial charge in [0.05, 0.1) is 11.3 Å². The van der Waals surface area contributed by atoms with Crippen molar-refractivity contribution in [2.45, 2.75) is 44.8 Å². The van der Waals surface area contributed by atoms with Crippen molar-refractivity contribution in [3.63, 3.8) is 0 Å². The molecule has 3 nitrogen and oxygen atoms in total. The minimum Gasteiger partial charge on any atom is -0.294 e. The van der Waals surface area contributed by atoms with Gasteiger partial charge in [0.25, 0.3) is 0 Å². The molecule has 23 heavy (non-hydrogen) atoms. The van der Waals surface area contributed by atoms with Crippen LogP contribution in [0.25, 0.3) is 11.3 Å². The number of hydrogen-bond donors (Lipinski definition) is 0. The monoisotopic (exact) mass is 322 g/mol. The number of halogens is 3. The lowest BCUT2D eigenvalue weighted by molar-refractivity contribution is -0.143. The molecular formula is C17H17F3N2O. The van der Waals surface area contributed by atoms with Crippen molar-refractivity contribution in [1.29, 1.82) is 0 Å². The number of rotatable bonds is 2. The van der Waals surface area contributed by atoms with E-state index in [0.29, 0.717) is 35.4 Å². The van der Waals surface area contributed by atoms with Gasteiger partial charge in [-0.2, -0.15) is 18.3 Å². The standard InChI is InChI=1S/C17H17F3N2O/c1-16(2)9-8-12(23)13-14(11-6-4-3-5-7-11)21-22(15(13)16)10-17(18,19)20/h3-7H,8-10H2,1-2H3. The van der Waals surface area contributed by atoms with Gasteiger partial charge in [0, 0.05) is 17.4 Å². The van der Waals surface area contributed by atoms with Gasteiger partial charge < -0.3 is 0 Å². The average molecular weight is 322 g/mol. The Bertz CT molecular complexity index is 745. The van der Waals surface area contributed by atoms with Crippen LogP contribution in [0.3, 0.4) is 0 Å². The Morgan fingerprint density at radius 2 is 1.87 bits per heavy atom. The van der Waals surface area contributed by atoms with Crippen LogP contribution in [0, 0.1) is 0 Å². The Morgan fingerprint density at radius 1 is 1.22 bits per heavy atom. The van der Waals surface area contributed by atoms with Crippen LogP contribution in [0.2, 0.25) is 0 Å². The number of alkyl halides is 3. The van der Waals surface area contributed by atoms with Gasteiger partial charge >= 0.3 is 6.18 Å². The van der Waals surface area contributed by atoms with Gasteiger partial charge in [0.1, 0.15) is 12.2 Å². The minimum atomic E-state index is -4.38. The number of hydrogen-bond acceptors (Lipinski definition) is 2. The molecule has 0 unspecified atom stereocenters. The van der Waals surface area contributed by atoms with E-state index in [1.54, 1.807) is 24.3 Å². The molecule has 0 saturated carbocycles. The van der Waals surface area contributed by atoms with Crippen LogP contribution in [0.5, 0.6) is 0 Å². The van der Waals surface area contributed by atoms with Crippen molar-refractivity contribution in [3.8, 4) is 11.3 Å². The Labute approximate surface area is 132 Å². The quantitative estimate of drug-likeness (QED) is 0.823. The van der Waals surface area contributed by atoms with Gasteiger partial charge in [-0.25, -0.2) is 0 Å². The molecule has 0 amide bonds. The van der Waals surface area contributed by atoms with E-state index >= 15 is 0 Å². The Kier molecular flexibility index (Phi) is 3.58. The summed E-state index contributed by atoms with van der Waals surface area (Å²) >= 11 is 0. The predicted molar refractivity (Wildman–Crippen MR) is 80.3 cm³/mol. The van der Waals surface area contributed by atoms with Crippen LogP contribution in [0.4, 0.5) is 13.2 Å². The zero-order valence-corrected chi connectivity index (χ0v) is 12.9. The van der Waals surface area contributed by atoms with E-state index in [0.717, 1.165) is 4.68 Å². The molecule has 0 saturated heterocycles. The molecule has 1 aromatic heterocycles. The second-order valence-electron chi connectivity index (χ2n) is 6.52. The van der Waals surface area contributed by atoms with Crippen LogP contribution in [-0.4, -0.2) is 21.7 Å². The molecule has 0 radical (unpaired) electrons. The molecule has 0 fully saturated rings. The SMILES string of the molecule is CC1(C)CCC(=O)c2c(-c3ccccc3)nn(CC(F)(F)F)c21. The molecule has 122 valence electrons. The molecule has 6 heteroatoms. The summed E-state index contributed by atoms with van der Waals surface area (Å²) in [6, 6.07) is 8.89. The lowest BCUT2D eigenvalue weighted by Gasteiger charge is -2.30. The van der Waals surface area contributed by atoms with Crippen LogP contribution in [0.15, 0.2) is 30.3 Å². The minimum absolute atomic E-state index is 0.133. The maximum absolute atomic E-state index is 12.9. The molecule has 1 aliphatic carbocycles. The first-order valence-electron chi connectivity index (χ1n) is 7.46. The molecule has 1 heterocycles. The predicted octanol–water partition coefficient (Wildman–Crippen LogP) is 4.37. The van der Waals surface area contributed by atoms with Crippen molar-refractivity contribution >= 4 is 5.78 Å². The van der Waals surface area contributed by atoms with E-state index in [1.807, 2.05) is 19.9 Å². The van der Waals surface area contributed by atoms with Crippen molar-refractivity contribution in [1.82, 2.24) is 9.78 Å². The highest BCUT2D eigenvalue weighted by molar-refractivity contribution is 6.04. The van der Waals surface area contributed by atoms with Crippen molar-refractivity contribution in [2.75, 3.05) is 0 Å². The zero-order chi connectivity index (χ0) is 16.8. The van der Waals surface area contributed by atoms with E-state index < -0.39 is 18.1 Å². The Morgan fingerprint density at radius 3 is 2.48 bits per heavy atom. The van der Waals surface area contributed by atoms with Crippen molar-refractivity contribution in [3.05, 3.63) is 41.6 Å². The van der Waals surface area contributed by atoms with E-state index in [4.69, 9.17) is 0 Å². The maximum Gasteiger partial charge on any atom is 0.408 e. The number of aromatic nitrogens is 2. The highest BCUT2D eigenvalue weighted by atomic mass is 19.4. The summed E-state index contributed by atoms with van der Waals surface area (Å²) < 4.78 is 39.7. The lowest BCUT2D eigenvalue weighted by Crippen LogP contribution is -2.32. The van der Waals surface area contributed by atoms with Gasteiger partial charge in [-0.3, -0.25) is 9.48 Å². The highest BCUT2D eigenvalue weighted by Crippen LogP contribution is 2.41. The second-order valence-corrected chi connectivity index (χ2v) is 6.52. The molecule has 0 bridgehead atoms. The number of ketones is 1. The molecule has 0 spiro atoms. The van der Waals surface area contributed by atoms with Gasteiger partial charge in [0.15, 0.2) is 5.78 Å². The van der Waals surface area contributed by atoms with Crippen molar-refractivity contribution < 1.29 is 18.0 Å². The van der Waals surface area contributed by atoms with Gasteiger partial charge in [-0.1, -0.05) is 44.2 Å². The van der Waals surface area contributed by atoms with Crippen LogP contribution in [-0.2, 0) is 12.0 Å². The van der Waals surface area contributed by atoms with Gasteiger partial charge in [-0.15, -0.1) is 0 Å². The molecule has 1 aliphatic rings. The fourth-order valence-electron chi connectivity index (χ4n) is 3.17. The second kappa shape index (κ2) is 5.22. The van der Waals surface area contributed by atoms with Crippen LogP contribution >= 0.6 is 0 Å². The third kappa shape index (κ3) is 2.90. The van der Waals surface area contributed by atoms with Crippen molar-refractivity contribution in [2.24, 2.45) is 0 Å². The zero-order valence-electron chi connectivity index (χ0n) is 12.9. The molecule has 2 aromatic rings. The summed E-state index contributed by atoms with van der Waals surface area (Å²) in [6.07, 6.45) is -3.53. The Balaban J connectivity index is 2.25. The molecular weight excluding hydrogens is 305 g/mol. The van der Waals surface area contributed by atoms with E-state index in [9.17, 15) is 18.0 Å².